The maximum absolute atomic E-state index is 13.4. The molecule has 3 N–H and O–H groups in total. The predicted octanol–water partition coefficient (Wildman–Crippen LogP) is 5.63. The fourth-order valence-electron chi connectivity index (χ4n) is 4.72. The Morgan fingerprint density at radius 3 is 2.51 bits per heavy atom. The molecule has 0 radical (unpaired) electrons. The Balaban J connectivity index is 1.28. The van der Waals surface area contributed by atoms with Gasteiger partial charge in [0, 0.05) is 28.8 Å². The van der Waals surface area contributed by atoms with Gasteiger partial charge < -0.3 is 20.9 Å². The first-order valence-corrected chi connectivity index (χ1v) is 14.4. The molecule has 0 aliphatic carbocycles. The summed E-state index contributed by atoms with van der Waals surface area (Å²) in [4.78, 5) is 30.1. The van der Waals surface area contributed by atoms with Crippen molar-refractivity contribution in [1.82, 2.24) is 25.3 Å². The van der Waals surface area contributed by atoms with Gasteiger partial charge in [0.15, 0.2) is 0 Å². The Labute approximate surface area is 240 Å². The number of rotatable bonds is 8. The number of hydrogen-bond donors (Lipinski definition) is 2. The van der Waals surface area contributed by atoms with Crippen LogP contribution in [-0.2, 0) is 17.9 Å². The van der Waals surface area contributed by atoms with Gasteiger partial charge in [0.25, 0.3) is 0 Å². The molecule has 8 nitrogen and oxygen atoms in total. The number of nitrogens with zero attached hydrogens (tertiary/aromatic N) is 4. The Hall–Kier alpha value is -3.76. The first-order chi connectivity index (χ1) is 19.0. The van der Waals surface area contributed by atoms with Crippen molar-refractivity contribution in [3.63, 3.8) is 0 Å². The smallest absolute Gasteiger partial charge is 0.318 e. The summed E-state index contributed by atoms with van der Waals surface area (Å²) in [5, 5.41) is 13.0. The van der Waals surface area contributed by atoms with E-state index in [0.29, 0.717) is 23.8 Å². The van der Waals surface area contributed by atoms with E-state index < -0.39 is 0 Å². The maximum atomic E-state index is 13.4. The van der Waals surface area contributed by atoms with E-state index in [4.69, 9.17) is 5.73 Å². The van der Waals surface area contributed by atoms with Crippen LogP contribution in [-0.4, -0.2) is 45.0 Å². The lowest BCUT2D eigenvalue weighted by Gasteiger charge is -2.27. The summed E-state index contributed by atoms with van der Waals surface area (Å²) in [5.41, 5.74) is 9.49. The molecule has 39 heavy (non-hydrogen) atoms. The molecule has 1 aliphatic heterocycles. The highest BCUT2D eigenvalue weighted by molar-refractivity contribution is 9.10. The molecule has 0 bridgehead atoms. The Morgan fingerprint density at radius 1 is 1.00 bits per heavy atom. The van der Waals surface area contributed by atoms with Crippen molar-refractivity contribution in [2.75, 3.05) is 18.8 Å². The van der Waals surface area contributed by atoms with Gasteiger partial charge in [-0.15, -0.1) is 10.2 Å². The van der Waals surface area contributed by atoms with E-state index in [1.54, 1.807) is 4.90 Å². The summed E-state index contributed by atoms with van der Waals surface area (Å²) in [6.45, 7) is 1.19. The van der Waals surface area contributed by atoms with Crippen LogP contribution < -0.4 is 11.1 Å². The molecule has 3 amide bonds. The topological polar surface area (TPSA) is 104 Å². The molecule has 4 aromatic rings. The zero-order chi connectivity index (χ0) is 27.2. The highest BCUT2D eigenvalue weighted by atomic mass is 79.9. The van der Waals surface area contributed by atoms with Gasteiger partial charge >= 0.3 is 6.03 Å². The molecular weight excluding hydrogens is 576 g/mol. The number of benzene rings is 3. The van der Waals surface area contributed by atoms with E-state index in [1.165, 1.54) is 11.3 Å². The van der Waals surface area contributed by atoms with Gasteiger partial charge in [-0.3, -0.25) is 4.79 Å². The number of hydrogen-bond acceptors (Lipinski definition) is 6. The summed E-state index contributed by atoms with van der Waals surface area (Å²) in [7, 11) is 0. The molecule has 1 atom stereocenters. The van der Waals surface area contributed by atoms with Gasteiger partial charge in [-0.1, -0.05) is 87.9 Å². The highest BCUT2D eigenvalue weighted by Gasteiger charge is 2.31. The van der Waals surface area contributed by atoms with E-state index in [-0.39, 0.29) is 31.1 Å². The van der Waals surface area contributed by atoms with E-state index in [1.807, 2.05) is 83.8 Å². The number of carbonyl (C=O) groups is 2. The van der Waals surface area contributed by atoms with Crippen LogP contribution in [0.1, 0.15) is 35.0 Å². The highest BCUT2D eigenvalue weighted by Crippen LogP contribution is 2.35. The van der Waals surface area contributed by atoms with Crippen molar-refractivity contribution >= 4 is 44.9 Å². The van der Waals surface area contributed by atoms with Gasteiger partial charge in [0.1, 0.15) is 10.0 Å². The zero-order valence-electron chi connectivity index (χ0n) is 21.3. The molecule has 200 valence electrons. The molecule has 0 saturated carbocycles. The van der Waals surface area contributed by atoms with Crippen molar-refractivity contribution < 1.29 is 9.59 Å². The Bertz CT molecular complexity index is 1430. The number of halogens is 1. The second-order valence-corrected chi connectivity index (χ2v) is 11.3. The zero-order valence-corrected chi connectivity index (χ0v) is 23.7. The van der Waals surface area contributed by atoms with Crippen molar-refractivity contribution in [1.29, 1.82) is 0 Å². The number of aromatic nitrogens is 2. The molecular formula is C29H29BrN6O2S. The minimum absolute atomic E-state index is 0.00587. The van der Waals surface area contributed by atoms with E-state index in [9.17, 15) is 9.59 Å². The monoisotopic (exact) mass is 604 g/mol. The predicted molar refractivity (Wildman–Crippen MR) is 157 cm³/mol. The van der Waals surface area contributed by atoms with Gasteiger partial charge in [-0.25, -0.2) is 4.79 Å². The lowest BCUT2D eigenvalue weighted by atomic mass is 10.0. The third-order valence-corrected chi connectivity index (χ3v) is 8.36. The Morgan fingerprint density at radius 2 is 1.74 bits per heavy atom. The maximum Gasteiger partial charge on any atom is 0.318 e. The number of nitrogens with two attached hydrogens (primary N) is 1. The lowest BCUT2D eigenvalue weighted by molar-refractivity contribution is -0.131. The lowest BCUT2D eigenvalue weighted by Crippen LogP contribution is -2.45. The minimum atomic E-state index is -0.340. The van der Waals surface area contributed by atoms with Gasteiger partial charge in [-0.2, -0.15) is 0 Å². The number of amides is 3. The molecule has 1 unspecified atom stereocenters. The molecule has 1 aliphatic rings. The normalized spacial score (nSPS) is 14.8. The first-order valence-electron chi connectivity index (χ1n) is 12.8. The van der Waals surface area contributed by atoms with Crippen LogP contribution in [0.15, 0.2) is 83.3 Å². The van der Waals surface area contributed by atoms with Crippen molar-refractivity contribution in [2.24, 2.45) is 0 Å². The van der Waals surface area contributed by atoms with E-state index in [0.717, 1.165) is 39.0 Å². The van der Waals surface area contributed by atoms with Crippen LogP contribution in [0.2, 0.25) is 0 Å². The van der Waals surface area contributed by atoms with Crippen molar-refractivity contribution in [3.8, 4) is 10.6 Å². The molecule has 5 rings (SSSR count). The van der Waals surface area contributed by atoms with Crippen LogP contribution in [0.5, 0.6) is 0 Å². The van der Waals surface area contributed by atoms with Crippen molar-refractivity contribution in [2.45, 2.75) is 32.0 Å². The average molecular weight is 606 g/mol. The van der Waals surface area contributed by atoms with E-state index >= 15 is 0 Å². The molecule has 1 aromatic heterocycles. The minimum Gasteiger partial charge on any atom is -0.399 e. The van der Waals surface area contributed by atoms with Crippen LogP contribution in [0, 0.1) is 0 Å². The van der Waals surface area contributed by atoms with Crippen LogP contribution in [0.4, 0.5) is 10.5 Å². The van der Waals surface area contributed by atoms with Gasteiger partial charge in [-0.05, 0) is 42.2 Å². The van der Waals surface area contributed by atoms with Crippen LogP contribution >= 0.6 is 27.3 Å². The van der Waals surface area contributed by atoms with E-state index in [2.05, 4.69) is 31.4 Å². The number of urea groups is 1. The van der Waals surface area contributed by atoms with Gasteiger partial charge in [0.05, 0.1) is 19.1 Å². The molecule has 10 heteroatoms. The summed E-state index contributed by atoms with van der Waals surface area (Å²) < 4.78 is 0.986. The first kappa shape index (κ1) is 26.8. The summed E-state index contributed by atoms with van der Waals surface area (Å²) in [5.74, 6) is -0.101. The second kappa shape index (κ2) is 12.4. The van der Waals surface area contributed by atoms with Crippen molar-refractivity contribution in [3.05, 3.63) is 99.5 Å². The molecule has 0 spiro atoms. The third kappa shape index (κ3) is 6.63. The summed E-state index contributed by atoms with van der Waals surface area (Å²) in [6, 6.07) is 24.9. The SMILES string of the molecule is Nc1ccc(CN(Cc2nnc(-c3ccccc3)s2)C(=O)NCC(=O)N2CCCC2c2ccccc2Br)cc1. The average Bonchev–Trinajstić information content (AvgIpc) is 3.63. The van der Waals surface area contributed by atoms with Crippen LogP contribution in [0.3, 0.4) is 0 Å². The van der Waals surface area contributed by atoms with Crippen LogP contribution in [0.25, 0.3) is 10.6 Å². The fourth-order valence-corrected chi connectivity index (χ4v) is 6.13. The number of likely N-dealkylation sites (tertiary alicyclic amines) is 1. The fraction of sp³-hybridized carbons (Fsp3) is 0.241. The molecule has 3 aromatic carbocycles. The standard InChI is InChI=1S/C29H29BrN6O2S/c30-24-10-5-4-9-23(24)25-11-6-16-36(25)27(37)17-32-29(38)35(18-20-12-14-22(31)15-13-20)19-26-33-34-28(39-26)21-7-2-1-3-8-21/h1-5,7-10,12-15,25H,6,11,16-19,31H2,(H,32,38). The quantitative estimate of drug-likeness (QED) is 0.254. The number of nitrogen functional groups attached to an aromatic ring is 1. The van der Waals surface area contributed by atoms with Gasteiger partial charge in [0.2, 0.25) is 5.91 Å². The second-order valence-electron chi connectivity index (χ2n) is 9.39. The summed E-state index contributed by atoms with van der Waals surface area (Å²) in [6.07, 6.45) is 1.82. The number of anilines is 1. The largest absolute Gasteiger partial charge is 0.399 e. The Kier molecular flexibility index (Phi) is 8.53. The number of nitrogens with one attached hydrogen (secondary N) is 1. The molecule has 1 fully saturated rings. The number of carbonyl (C=O) groups excluding carboxylic acids is 2. The summed E-state index contributed by atoms with van der Waals surface area (Å²) >= 11 is 5.06. The third-order valence-electron chi connectivity index (χ3n) is 6.68. The molecule has 2 heterocycles. The molecule has 1 saturated heterocycles.